The van der Waals surface area contributed by atoms with Crippen LogP contribution in [0.5, 0.6) is 0 Å². The zero-order valence-electron chi connectivity index (χ0n) is 11.2. The predicted molar refractivity (Wildman–Crippen MR) is 72.4 cm³/mol. The summed E-state index contributed by atoms with van der Waals surface area (Å²) in [5, 5.41) is 0. The summed E-state index contributed by atoms with van der Waals surface area (Å²) in [6.45, 7) is 5.54. The first-order valence-corrected chi connectivity index (χ1v) is 7.97. The van der Waals surface area contributed by atoms with Crippen molar-refractivity contribution >= 4 is 10.0 Å². The van der Waals surface area contributed by atoms with E-state index >= 15 is 0 Å². The summed E-state index contributed by atoms with van der Waals surface area (Å²) < 4.78 is 25.4. The lowest BCUT2D eigenvalue weighted by Crippen LogP contribution is -2.39. The Hall–Kier alpha value is -0.350. The van der Waals surface area contributed by atoms with Crippen molar-refractivity contribution in [3.8, 4) is 0 Å². The summed E-state index contributed by atoms with van der Waals surface area (Å²) in [5.74, 6) is 0.655. The average molecular weight is 259 g/mol. The highest BCUT2D eigenvalue weighted by molar-refractivity contribution is 7.90. The summed E-state index contributed by atoms with van der Waals surface area (Å²) >= 11 is 0. The van der Waals surface area contributed by atoms with Crippen LogP contribution in [-0.2, 0) is 10.0 Å². The monoisotopic (exact) mass is 259 g/mol. The van der Waals surface area contributed by atoms with Gasteiger partial charge < -0.3 is 0 Å². The Morgan fingerprint density at radius 3 is 2.29 bits per heavy atom. The maximum Gasteiger partial charge on any atom is 0.216 e. The van der Waals surface area contributed by atoms with Gasteiger partial charge in [0.2, 0.25) is 10.0 Å². The van der Waals surface area contributed by atoms with Gasteiger partial charge in [-0.25, -0.2) is 13.1 Å². The molecule has 1 aliphatic rings. The van der Waals surface area contributed by atoms with Crippen molar-refractivity contribution < 1.29 is 8.42 Å². The van der Waals surface area contributed by atoms with E-state index in [1.807, 2.05) is 6.08 Å². The van der Waals surface area contributed by atoms with Gasteiger partial charge in [0.15, 0.2) is 0 Å². The Kier molecular flexibility index (Phi) is 5.20. The van der Waals surface area contributed by atoms with Crippen LogP contribution in [-0.4, -0.2) is 19.7 Å². The van der Waals surface area contributed by atoms with Gasteiger partial charge in [0, 0.05) is 6.54 Å². The Morgan fingerprint density at radius 1 is 1.18 bits per heavy atom. The van der Waals surface area contributed by atoms with Gasteiger partial charge in [-0.1, -0.05) is 31.4 Å². The van der Waals surface area contributed by atoms with Crippen LogP contribution in [0.4, 0.5) is 0 Å². The third-order valence-corrected chi connectivity index (χ3v) is 5.41. The molecule has 0 atom stereocenters. The lowest BCUT2D eigenvalue weighted by atomic mass is 9.89. The molecule has 0 aromatic carbocycles. The topological polar surface area (TPSA) is 46.2 Å². The van der Waals surface area contributed by atoms with Gasteiger partial charge in [-0.3, -0.25) is 0 Å². The zero-order valence-corrected chi connectivity index (χ0v) is 12.0. The molecule has 0 unspecified atom stereocenters. The third-order valence-electron chi connectivity index (χ3n) is 3.26. The highest BCUT2D eigenvalue weighted by atomic mass is 32.2. The minimum absolute atomic E-state index is 0.413. The van der Waals surface area contributed by atoms with E-state index < -0.39 is 14.8 Å². The molecular formula is C13H25NO2S. The summed E-state index contributed by atoms with van der Waals surface area (Å²) in [6.07, 6.45) is 10.6. The number of nitrogens with one attached hydrogen (secondary N) is 1. The number of rotatable bonds is 4. The Morgan fingerprint density at radius 2 is 1.76 bits per heavy atom. The van der Waals surface area contributed by atoms with Crippen LogP contribution >= 0.6 is 0 Å². The summed E-state index contributed by atoms with van der Waals surface area (Å²) in [4.78, 5) is 0. The molecule has 0 bridgehead atoms. The number of hydrogen-bond acceptors (Lipinski definition) is 2. The second-order valence-corrected chi connectivity index (χ2v) is 8.31. The SMILES string of the molecule is CC(C)(C)S(=O)(=O)NC/C=C/C1CCCCC1. The first-order valence-electron chi connectivity index (χ1n) is 6.49. The van der Waals surface area contributed by atoms with Gasteiger partial charge in [-0.15, -0.1) is 0 Å². The molecule has 1 saturated carbocycles. The maximum atomic E-state index is 11.8. The van der Waals surface area contributed by atoms with Crippen molar-refractivity contribution in [3.05, 3.63) is 12.2 Å². The van der Waals surface area contributed by atoms with Gasteiger partial charge >= 0.3 is 0 Å². The predicted octanol–water partition coefficient (Wildman–Crippen LogP) is 2.84. The largest absolute Gasteiger partial charge is 0.216 e. The molecule has 0 aromatic heterocycles. The minimum Gasteiger partial charge on any atom is -0.212 e. The first kappa shape index (κ1) is 14.7. The Balaban J connectivity index is 2.34. The van der Waals surface area contributed by atoms with Crippen LogP contribution in [0.15, 0.2) is 12.2 Å². The van der Waals surface area contributed by atoms with Crippen molar-refractivity contribution in [1.29, 1.82) is 0 Å². The molecule has 0 amide bonds. The van der Waals surface area contributed by atoms with Gasteiger partial charge in [0.05, 0.1) is 4.75 Å². The van der Waals surface area contributed by atoms with Crippen LogP contribution in [0.1, 0.15) is 52.9 Å². The molecule has 1 fully saturated rings. The fourth-order valence-corrected chi connectivity index (χ4v) is 2.71. The van der Waals surface area contributed by atoms with E-state index in [1.165, 1.54) is 32.1 Å². The second kappa shape index (κ2) is 6.01. The molecular weight excluding hydrogens is 234 g/mol. The first-order chi connectivity index (χ1) is 7.83. The van der Waals surface area contributed by atoms with Gasteiger partial charge in [-0.2, -0.15) is 0 Å². The number of hydrogen-bond donors (Lipinski definition) is 1. The van der Waals surface area contributed by atoms with Gasteiger partial charge in [0.1, 0.15) is 0 Å². The number of allylic oxidation sites excluding steroid dienone is 1. The third kappa shape index (κ3) is 4.80. The van der Waals surface area contributed by atoms with Crippen molar-refractivity contribution in [2.45, 2.75) is 57.6 Å². The minimum atomic E-state index is -3.20. The van der Waals surface area contributed by atoms with Crippen LogP contribution in [0, 0.1) is 5.92 Å². The normalized spacial score (nSPS) is 19.9. The molecule has 3 nitrogen and oxygen atoms in total. The molecule has 0 heterocycles. The molecule has 0 aromatic rings. The fraction of sp³-hybridized carbons (Fsp3) is 0.846. The molecule has 100 valence electrons. The van der Waals surface area contributed by atoms with Crippen molar-refractivity contribution in [3.63, 3.8) is 0 Å². The molecule has 0 aliphatic heterocycles. The Labute approximate surface area is 106 Å². The standard InChI is InChI=1S/C13H25NO2S/c1-13(2,3)17(15,16)14-11-7-10-12-8-5-4-6-9-12/h7,10,12,14H,4-6,8-9,11H2,1-3H3/b10-7+. The molecule has 1 aliphatic carbocycles. The van der Waals surface area contributed by atoms with E-state index in [9.17, 15) is 8.42 Å². The van der Waals surface area contributed by atoms with Crippen LogP contribution in [0.3, 0.4) is 0 Å². The highest BCUT2D eigenvalue weighted by Gasteiger charge is 2.27. The van der Waals surface area contributed by atoms with Crippen LogP contribution in [0.2, 0.25) is 0 Å². The summed E-state index contributed by atoms with van der Waals surface area (Å²) in [5.41, 5.74) is 0. The Bertz CT molecular complexity index is 346. The fourth-order valence-electron chi connectivity index (χ4n) is 1.96. The van der Waals surface area contributed by atoms with Crippen LogP contribution in [0.25, 0.3) is 0 Å². The summed E-state index contributed by atoms with van der Waals surface area (Å²) in [7, 11) is -3.20. The molecule has 1 N–H and O–H groups in total. The molecule has 4 heteroatoms. The van der Waals surface area contributed by atoms with Crippen molar-refractivity contribution in [1.82, 2.24) is 4.72 Å². The highest BCUT2D eigenvalue weighted by Crippen LogP contribution is 2.24. The zero-order chi connectivity index (χ0) is 12.9. The van der Waals surface area contributed by atoms with E-state index in [2.05, 4.69) is 10.8 Å². The van der Waals surface area contributed by atoms with E-state index in [1.54, 1.807) is 20.8 Å². The molecule has 17 heavy (non-hydrogen) atoms. The molecule has 0 saturated heterocycles. The van der Waals surface area contributed by atoms with E-state index in [4.69, 9.17) is 0 Å². The van der Waals surface area contributed by atoms with E-state index in [0.29, 0.717) is 12.5 Å². The maximum absolute atomic E-state index is 11.8. The number of sulfonamides is 1. The van der Waals surface area contributed by atoms with Crippen molar-refractivity contribution in [2.24, 2.45) is 5.92 Å². The molecule has 1 rings (SSSR count). The molecule has 0 spiro atoms. The molecule has 0 radical (unpaired) electrons. The smallest absolute Gasteiger partial charge is 0.212 e. The van der Waals surface area contributed by atoms with E-state index in [0.717, 1.165) is 0 Å². The van der Waals surface area contributed by atoms with Crippen LogP contribution < -0.4 is 4.72 Å². The van der Waals surface area contributed by atoms with Gasteiger partial charge in [-0.05, 0) is 39.5 Å². The van der Waals surface area contributed by atoms with E-state index in [-0.39, 0.29) is 0 Å². The van der Waals surface area contributed by atoms with Gasteiger partial charge in [0.25, 0.3) is 0 Å². The van der Waals surface area contributed by atoms with Crippen molar-refractivity contribution in [2.75, 3.05) is 6.54 Å². The lowest BCUT2D eigenvalue weighted by Gasteiger charge is -2.19. The summed E-state index contributed by atoms with van der Waals surface area (Å²) in [6, 6.07) is 0. The second-order valence-electron chi connectivity index (χ2n) is 5.79. The average Bonchev–Trinajstić information content (AvgIpc) is 2.24. The quantitative estimate of drug-likeness (QED) is 0.789. The lowest BCUT2D eigenvalue weighted by molar-refractivity contribution is 0.419.